The maximum absolute atomic E-state index is 13.6. The number of carbonyl (C=O) groups excluding carboxylic acids is 1. The van der Waals surface area contributed by atoms with E-state index in [1.165, 1.54) is 0 Å². The maximum Gasteiger partial charge on any atom is 0.188 e. The molecule has 0 amide bonds. The molecule has 0 heterocycles. The molecule has 0 bridgehead atoms. The van der Waals surface area contributed by atoms with E-state index in [0.29, 0.717) is 23.5 Å². The summed E-state index contributed by atoms with van der Waals surface area (Å²) in [6.45, 7) is 2.30. The summed E-state index contributed by atoms with van der Waals surface area (Å²) in [7, 11) is 3.18. The molecule has 0 N–H and O–H groups in total. The van der Waals surface area contributed by atoms with E-state index < -0.39 is 0 Å². The van der Waals surface area contributed by atoms with Crippen molar-refractivity contribution in [3.63, 3.8) is 0 Å². The molecule has 5 nitrogen and oxygen atoms in total. The third-order valence-corrected chi connectivity index (χ3v) is 6.35. The zero-order valence-electron chi connectivity index (χ0n) is 21.3. The van der Waals surface area contributed by atoms with Crippen molar-refractivity contribution in [2.45, 2.75) is 39.0 Å². The Morgan fingerprint density at radius 3 is 2.11 bits per heavy atom. The lowest BCUT2D eigenvalue weighted by Crippen LogP contribution is -2.09. The van der Waals surface area contributed by atoms with Crippen LogP contribution < -0.4 is 9.47 Å². The maximum atomic E-state index is 13.6. The molecule has 0 aliphatic rings. The molecular formula is C31H34O5. The zero-order chi connectivity index (χ0) is 25.3. The van der Waals surface area contributed by atoms with Crippen LogP contribution in [0.5, 0.6) is 11.5 Å². The number of rotatable bonds is 13. The molecule has 4 aromatic rings. The van der Waals surface area contributed by atoms with Crippen molar-refractivity contribution in [3.05, 3.63) is 72.3 Å². The number of hydrogen-bond donors (Lipinski definition) is 0. The van der Waals surface area contributed by atoms with Crippen molar-refractivity contribution in [1.82, 2.24) is 0 Å². The summed E-state index contributed by atoms with van der Waals surface area (Å²) in [5.74, 6) is 1.26. The molecule has 5 heteroatoms. The number of benzene rings is 4. The van der Waals surface area contributed by atoms with Gasteiger partial charge in [-0.3, -0.25) is 4.79 Å². The van der Waals surface area contributed by atoms with Gasteiger partial charge in [-0.05, 0) is 40.1 Å². The first-order chi connectivity index (χ1) is 17.7. The standard InChI is InChI=1S/C31H34O5/c1-4-5-6-7-16-27(32)26-19-23-13-9-11-15-25(23)30(31(26)36-21-34-3)29-24-14-10-8-12-22(24)17-18-28(29)35-20-33-2/h8-15,17-19H,4-7,16,20-21H2,1-3H3. The highest BCUT2D eigenvalue weighted by atomic mass is 16.7. The Morgan fingerprint density at radius 1 is 0.722 bits per heavy atom. The fraction of sp³-hybridized carbons (Fsp3) is 0.323. The number of methoxy groups -OCH3 is 2. The van der Waals surface area contributed by atoms with Crippen LogP contribution in [0.15, 0.2) is 66.7 Å². The van der Waals surface area contributed by atoms with E-state index in [2.05, 4.69) is 25.1 Å². The van der Waals surface area contributed by atoms with Crippen molar-refractivity contribution < 1.29 is 23.7 Å². The predicted octanol–water partition coefficient (Wildman–Crippen LogP) is 7.78. The number of unbranched alkanes of at least 4 members (excludes halogenated alkanes) is 3. The number of ketones is 1. The Kier molecular flexibility index (Phi) is 8.93. The summed E-state index contributed by atoms with van der Waals surface area (Å²) >= 11 is 0. The Labute approximate surface area is 212 Å². The third kappa shape index (κ3) is 5.53. The number of fused-ring (bicyclic) bond motifs is 2. The van der Waals surface area contributed by atoms with Gasteiger partial charge in [0.1, 0.15) is 11.5 Å². The molecular weight excluding hydrogens is 452 g/mol. The van der Waals surface area contributed by atoms with E-state index in [9.17, 15) is 4.79 Å². The number of ether oxygens (including phenoxy) is 4. The summed E-state index contributed by atoms with van der Waals surface area (Å²) in [5.41, 5.74) is 2.26. The average molecular weight is 487 g/mol. The van der Waals surface area contributed by atoms with Gasteiger partial charge in [0.25, 0.3) is 0 Å². The fourth-order valence-corrected chi connectivity index (χ4v) is 4.65. The van der Waals surface area contributed by atoms with Gasteiger partial charge in [0.2, 0.25) is 0 Å². The van der Waals surface area contributed by atoms with Crippen LogP contribution in [-0.4, -0.2) is 33.6 Å². The van der Waals surface area contributed by atoms with Gasteiger partial charge in [0.05, 0.1) is 5.56 Å². The summed E-state index contributed by atoms with van der Waals surface area (Å²) < 4.78 is 22.8. The van der Waals surface area contributed by atoms with Gasteiger partial charge in [-0.2, -0.15) is 0 Å². The topological polar surface area (TPSA) is 54.0 Å². The molecule has 4 aromatic carbocycles. The monoisotopic (exact) mass is 486 g/mol. The zero-order valence-corrected chi connectivity index (χ0v) is 21.3. The van der Waals surface area contributed by atoms with Gasteiger partial charge in [-0.15, -0.1) is 0 Å². The van der Waals surface area contributed by atoms with Crippen molar-refractivity contribution in [3.8, 4) is 22.6 Å². The quantitative estimate of drug-likeness (QED) is 0.110. The molecule has 0 saturated heterocycles. The second kappa shape index (κ2) is 12.5. The lowest BCUT2D eigenvalue weighted by atomic mass is 9.88. The van der Waals surface area contributed by atoms with Crippen LogP contribution in [0.3, 0.4) is 0 Å². The molecule has 188 valence electrons. The van der Waals surface area contributed by atoms with Crippen LogP contribution in [0.1, 0.15) is 49.4 Å². The van der Waals surface area contributed by atoms with Gasteiger partial charge < -0.3 is 18.9 Å². The first-order valence-corrected chi connectivity index (χ1v) is 12.5. The van der Waals surface area contributed by atoms with Crippen molar-refractivity contribution >= 4 is 27.3 Å². The van der Waals surface area contributed by atoms with Crippen LogP contribution in [0.2, 0.25) is 0 Å². The third-order valence-electron chi connectivity index (χ3n) is 6.35. The van der Waals surface area contributed by atoms with E-state index in [-0.39, 0.29) is 19.4 Å². The minimum atomic E-state index is 0.0283. The van der Waals surface area contributed by atoms with Gasteiger partial charge in [-0.25, -0.2) is 0 Å². The first kappa shape index (κ1) is 25.7. The second-order valence-corrected chi connectivity index (χ2v) is 8.84. The van der Waals surface area contributed by atoms with E-state index >= 15 is 0 Å². The Hall–Kier alpha value is -3.41. The summed E-state index contributed by atoms with van der Waals surface area (Å²) in [5, 5.41) is 4.02. The average Bonchev–Trinajstić information content (AvgIpc) is 2.92. The molecule has 0 aliphatic heterocycles. The highest BCUT2D eigenvalue weighted by molar-refractivity contribution is 6.14. The van der Waals surface area contributed by atoms with Crippen LogP contribution in [0.4, 0.5) is 0 Å². The number of Topliss-reactive ketones (excluding diaryl/α,β-unsaturated/α-hetero) is 1. The SMILES string of the molecule is CCCCCCC(=O)c1cc2ccccc2c(-c2c(OCOC)ccc3ccccc23)c1OCOC. The summed E-state index contributed by atoms with van der Waals surface area (Å²) in [4.78, 5) is 13.6. The van der Waals surface area contributed by atoms with Crippen LogP contribution in [-0.2, 0) is 9.47 Å². The fourth-order valence-electron chi connectivity index (χ4n) is 4.65. The highest BCUT2D eigenvalue weighted by Crippen LogP contribution is 2.47. The molecule has 0 fully saturated rings. The van der Waals surface area contributed by atoms with Crippen molar-refractivity contribution in [1.29, 1.82) is 0 Å². The van der Waals surface area contributed by atoms with E-state index in [0.717, 1.165) is 58.4 Å². The second-order valence-electron chi connectivity index (χ2n) is 8.84. The van der Waals surface area contributed by atoms with E-state index in [1.54, 1.807) is 14.2 Å². The lowest BCUT2D eigenvalue weighted by molar-refractivity contribution is 0.0496. The molecule has 0 saturated carbocycles. The van der Waals surface area contributed by atoms with Gasteiger partial charge in [0, 0.05) is 31.8 Å². The minimum Gasteiger partial charge on any atom is -0.467 e. The number of hydrogen-bond acceptors (Lipinski definition) is 5. The van der Waals surface area contributed by atoms with Gasteiger partial charge >= 0.3 is 0 Å². The summed E-state index contributed by atoms with van der Waals surface area (Å²) in [6.07, 6.45) is 4.62. The van der Waals surface area contributed by atoms with Crippen LogP contribution >= 0.6 is 0 Å². The Bertz CT molecular complexity index is 1330. The predicted molar refractivity (Wildman–Crippen MR) is 145 cm³/mol. The van der Waals surface area contributed by atoms with E-state index in [4.69, 9.17) is 18.9 Å². The molecule has 0 radical (unpaired) electrons. The highest BCUT2D eigenvalue weighted by Gasteiger charge is 2.24. The van der Waals surface area contributed by atoms with Gasteiger partial charge in [-0.1, -0.05) is 80.8 Å². The van der Waals surface area contributed by atoms with Crippen molar-refractivity contribution in [2.75, 3.05) is 27.8 Å². The molecule has 0 unspecified atom stereocenters. The van der Waals surface area contributed by atoms with Crippen molar-refractivity contribution in [2.24, 2.45) is 0 Å². The first-order valence-electron chi connectivity index (χ1n) is 12.5. The molecule has 0 atom stereocenters. The summed E-state index contributed by atoms with van der Waals surface area (Å²) in [6, 6.07) is 22.2. The molecule has 0 aromatic heterocycles. The molecule has 0 aliphatic carbocycles. The molecule has 4 rings (SSSR count). The normalized spacial score (nSPS) is 11.2. The Morgan fingerprint density at radius 2 is 1.39 bits per heavy atom. The number of carbonyl (C=O) groups is 1. The van der Waals surface area contributed by atoms with Gasteiger partial charge in [0.15, 0.2) is 19.4 Å². The molecule has 36 heavy (non-hydrogen) atoms. The molecule has 0 spiro atoms. The Balaban J connectivity index is 2.01. The van der Waals surface area contributed by atoms with E-state index in [1.807, 2.05) is 48.5 Å². The smallest absolute Gasteiger partial charge is 0.188 e. The minimum absolute atomic E-state index is 0.0283. The van der Waals surface area contributed by atoms with Crippen LogP contribution in [0.25, 0.3) is 32.7 Å². The lowest BCUT2D eigenvalue weighted by Gasteiger charge is -2.21. The van der Waals surface area contributed by atoms with Crippen LogP contribution in [0, 0.1) is 0 Å². The largest absolute Gasteiger partial charge is 0.467 e.